The maximum atomic E-state index is 11.7. The Bertz CT molecular complexity index is 494. The van der Waals surface area contributed by atoms with Gasteiger partial charge < -0.3 is 9.64 Å². The van der Waals surface area contributed by atoms with Gasteiger partial charge in [0.15, 0.2) is 0 Å². The lowest BCUT2D eigenvalue weighted by atomic mass is 9.80. The second-order valence-electron chi connectivity index (χ2n) is 6.14. The zero-order valence-electron chi connectivity index (χ0n) is 12.5. The molecule has 0 N–H and O–H groups in total. The van der Waals surface area contributed by atoms with Crippen molar-refractivity contribution in [3.63, 3.8) is 0 Å². The van der Waals surface area contributed by atoms with Crippen LogP contribution in [0.3, 0.4) is 0 Å². The minimum atomic E-state index is -0.185. The summed E-state index contributed by atoms with van der Waals surface area (Å²) in [5.41, 5.74) is 3.69. The lowest BCUT2D eigenvalue weighted by Crippen LogP contribution is -2.50. The third-order valence-electron chi connectivity index (χ3n) is 4.06. The van der Waals surface area contributed by atoms with Gasteiger partial charge in [0.05, 0.1) is 7.11 Å². The monoisotopic (exact) mass is 261 g/mol. The van der Waals surface area contributed by atoms with Crippen LogP contribution >= 0.6 is 0 Å². The molecule has 0 amide bonds. The first-order chi connectivity index (χ1) is 8.85. The second kappa shape index (κ2) is 4.87. The Balaban J connectivity index is 2.47. The molecule has 0 fully saturated rings. The van der Waals surface area contributed by atoms with Gasteiger partial charge in [0, 0.05) is 11.2 Å². The Labute approximate surface area is 115 Å². The van der Waals surface area contributed by atoms with Gasteiger partial charge in [-0.2, -0.15) is 0 Å². The van der Waals surface area contributed by atoms with Crippen molar-refractivity contribution >= 4 is 11.7 Å². The molecule has 19 heavy (non-hydrogen) atoms. The van der Waals surface area contributed by atoms with Crippen LogP contribution in [0.25, 0.3) is 0 Å². The number of methoxy groups -OCH3 is 1. The molecule has 1 aliphatic heterocycles. The van der Waals surface area contributed by atoms with Gasteiger partial charge in [0.1, 0.15) is 6.54 Å². The Morgan fingerprint density at radius 1 is 1.47 bits per heavy atom. The van der Waals surface area contributed by atoms with Crippen molar-refractivity contribution in [3.05, 3.63) is 29.3 Å². The van der Waals surface area contributed by atoms with E-state index in [-0.39, 0.29) is 11.5 Å². The molecule has 0 unspecified atom stereocenters. The van der Waals surface area contributed by atoms with Crippen LogP contribution in [0.15, 0.2) is 18.2 Å². The molecule has 0 spiro atoms. The van der Waals surface area contributed by atoms with Crippen molar-refractivity contribution in [2.24, 2.45) is 0 Å². The predicted molar refractivity (Wildman–Crippen MR) is 77.7 cm³/mol. The smallest absolute Gasteiger partial charge is 0.325 e. The zero-order valence-corrected chi connectivity index (χ0v) is 12.5. The van der Waals surface area contributed by atoms with Gasteiger partial charge in [-0.05, 0) is 50.3 Å². The highest BCUT2D eigenvalue weighted by Crippen LogP contribution is 2.43. The number of hydrogen-bond acceptors (Lipinski definition) is 3. The van der Waals surface area contributed by atoms with E-state index in [1.54, 1.807) is 0 Å². The van der Waals surface area contributed by atoms with E-state index in [9.17, 15) is 4.79 Å². The van der Waals surface area contributed by atoms with E-state index in [2.05, 4.69) is 50.8 Å². The normalized spacial score (nSPS) is 20.9. The summed E-state index contributed by atoms with van der Waals surface area (Å²) < 4.78 is 4.84. The zero-order chi connectivity index (χ0) is 14.2. The third kappa shape index (κ3) is 2.60. The molecule has 0 bridgehead atoms. The minimum absolute atomic E-state index is 0.0333. The molecule has 3 heteroatoms. The average Bonchev–Trinajstić information content (AvgIpc) is 2.33. The largest absolute Gasteiger partial charge is 0.468 e. The highest BCUT2D eigenvalue weighted by molar-refractivity contribution is 5.77. The second-order valence-corrected chi connectivity index (χ2v) is 6.14. The summed E-state index contributed by atoms with van der Waals surface area (Å²) in [6.07, 6.45) is 1.04. The summed E-state index contributed by atoms with van der Waals surface area (Å²) in [4.78, 5) is 13.9. The molecule has 2 rings (SSSR count). The van der Waals surface area contributed by atoms with Crippen LogP contribution in [0.1, 0.15) is 44.2 Å². The first-order valence-corrected chi connectivity index (χ1v) is 6.80. The van der Waals surface area contributed by atoms with Crippen LogP contribution in [0.2, 0.25) is 0 Å². The van der Waals surface area contributed by atoms with E-state index in [0.717, 1.165) is 6.42 Å². The van der Waals surface area contributed by atoms with E-state index in [4.69, 9.17) is 4.74 Å². The molecule has 1 atom stereocenters. The number of esters is 1. The van der Waals surface area contributed by atoms with Crippen molar-refractivity contribution in [2.45, 2.75) is 45.6 Å². The van der Waals surface area contributed by atoms with Crippen molar-refractivity contribution < 1.29 is 9.53 Å². The fraction of sp³-hybridized carbons (Fsp3) is 0.562. The molecule has 0 radical (unpaired) electrons. The SMILES string of the molecule is COC(=O)CN1c2cc(C)ccc2[C@H](C)CC1(C)C. The van der Waals surface area contributed by atoms with Gasteiger partial charge in [-0.1, -0.05) is 19.1 Å². The van der Waals surface area contributed by atoms with E-state index in [1.807, 2.05) is 0 Å². The summed E-state index contributed by atoms with van der Waals surface area (Å²) in [5, 5.41) is 0. The maximum Gasteiger partial charge on any atom is 0.325 e. The van der Waals surface area contributed by atoms with Gasteiger partial charge in [0.2, 0.25) is 0 Å². The number of hydrogen-bond donors (Lipinski definition) is 0. The Kier molecular flexibility index (Phi) is 3.57. The van der Waals surface area contributed by atoms with E-state index in [1.165, 1.54) is 23.9 Å². The molecule has 3 nitrogen and oxygen atoms in total. The molecule has 0 saturated carbocycles. The first kappa shape index (κ1) is 13.9. The van der Waals surface area contributed by atoms with Gasteiger partial charge >= 0.3 is 5.97 Å². The van der Waals surface area contributed by atoms with Gasteiger partial charge in [-0.3, -0.25) is 4.79 Å². The summed E-state index contributed by atoms with van der Waals surface area (Å²) in [6, 6.07) is 6.51. The molecule has 0 aliphatic carbocycles. The number of rotatable bonds is 2. The fourth-order valence-electron chi connectivity index (χ4n) is 3.09. The summed E-state index contributed by atoms with van der Waals surface area (Å²) in [7, 11) is 1.44. The van der Waals surface area contributed by atoms with Crippen molar-refractivity contribution in [3.8, 4) is 0 Å². The van der Waals surface area contributed by atoms with Crippen LogP contribution in [-0.4, -0.2) is 25.2 Å². The summed E-state index contributed by atoms with van der Waals surface area (Å²) in [6.45, 7) is 9.04. The number of aryl methyl sites for hydroxylation is 1. The highest BCUT2D eigenvalue weighted by Gasteiger charge is 2.37. The highest BCUT2D eigenvalue weighted by atomic mass is 16.5. The van der Waals surface area contributed by atoms with Gasteiger partial charge in [-0.15, -0.1) is 0 Å². The van der Waals surface area contributed by atoms with Crippen molar-refractivity contribution in [1.29, 1.82) is 0 Å². The first-order valence-electron chi connectivity index (χ1n) is 6.80. The Morgan fingerprint density at radius 3 is 2.79 bits per heavy atom. The van der Waals surface area contributed by atoms with Crippen LogP contribution in [0.5, 0.6) is 0 Å². The molecule has 1 aromatic rings. The minimum Gasteiger partial charge on any atom is -0.468 e. The van der Waals surface area contributed by atoms with Crippen LogP contribution in [0.4, 0.5) is 5.69 Å². The number of carbonyl (C=O) groups excluding carboxylic acids is 1. The standard InChI is InChI=1S/C16H23NO2/c1-11-6-7-13-12(2)9-16(3,4)17(14(13)8-11)10-15(18)19-5/h6-8,12H,9-10H2,1-5H3/t12-/m1/s1. The number of anilines is 1. The van der Waals surface area contributed by atoms with Crippen LogP contribution in [-0.2, 0) is 9.53 Å². The number of nitrogens with zero attached hydrogens (tertiary/aromatic N) is 1. The lowest BCUT2D eigenvalue weighted by molar-refractivity contribution is -0.139. The molecule has 0 aromatic heterocycles. The topological polar surface area (TPSA) is 29.5 Å². The quantitative estimate of drug-likeness (QED) is 0.765. The number of carbonyl (C=O) groups is 1. The predicted octanol–water partition coefficient (Wildman–Crippen LogP) is 3.26. The number of ether oxygens (including phenoxy) is 1. The van der Waals surface area contributed by atoms with E-state index < -0.39 is 0 Å². The van der Waals surface area contributed by atoms with Crippen molar-refractivity contribution in [2.75, 3.05) is 18.6 Å². The number of fused-ring (bicyclic) bond motifs is 1. The van der Waals surface area contributed by atoms with Crippen LogP contribution in [0, 0.1) is 6.92 Å². The fourth-order valence-corrected chi connectivity index (χ4v) is 3.09. The van der Waals surface area contributed by atoms with Gasteiger partial charge in [0.25, 0.3) is 0 Å². The van der Waals surface area contributed by atoms with E-state index in [0.29, 0.717) is 12.5 Å². The molecule has 104 valence electrons. The average molecular weight is 261 g/mol. The number of benzene rings is 1. The summed E-state index contributed by atoms with van der Waals surface area (Å²) in [5.74, 6) is 0.328. The maximum absolute atomic E-state index is 11.7. The Morgan fingerprint density at radius 2 is 2.16 bits per heavy atom. The molecular formula is C16H23NO2. The third-order valence-corrected chi connectivity index (χ3v) is 4.06. The summed E-state index contributed by atoms with van der Waals surface area (Å²) >= 11 is 0. The molecule has 1 heterocycles. The molecule has 1 aromatic carbocycles. The van der Waals surface area contributed by atoms with Crippen LogP contribution < -0.4 is 4.90 Å². The molecule has 1 aliphatic rings. The molecular weight excluding hydrogens is 238 g/mol. The lowest BCUT2D eigenvalue weighted by Gasteiger charge is -2.47. The van der Waals surface area contributed by atoms with Crippen molar-refractivity contribution in [1.82, 2.24) is 0 Å². The van der Waals surface area contributed by atoms with E-state index >= 15 is 0 Å². The van der Waals surface area contributed by atoms with Gasteiger partial charge in [-0.25, -0.2) is 0 Å². The Hall–Kier alpha value is -1.51. The molecule has 0 saturated heterocycles.